The normalized spacial score (nSPS) is 12.4. The van der Waals surface area contributed by atoms with Crippen LogP contribution in [0.25, 0.3) is 0 Å². The lowest BCUT2D eigenvalue weighted by molar-refractivity contribution is 0.170. The van der Waals surface area contributed by atoms with Gasteiger partial charge in [-0.15, -0.1) is 0 Å². The second-order valence-corrected chi connectivity index (χ2v) is 5.29. The molecule has 2 heteroatoms. The van der Waals surface area contributed by atoms with Crippen LogP contribution in [-0.2, 0) is 0 Å². The van der Waals surface area contributed by atoms with Crippen molar-refractivity contribution in [2.45, 2.75) is 39.2 Å². The van der Waals surface area contributed by atoms with E-state index in [0.29, 0.717) is 12.3 Å². The summed E-state index contributed by atoms with van der Waals surface area (Å²) >= 11 is 0. The molecule has 0 saturated heterocycles. The number of para-hydroxylation sites is 1. The zero-order valence-corrected chi connectivity index (χ0v) is 12.3. The van der Waals surface area contributed by atoms with Crippen molar-refractivity contribution in [3.63, 3.8) is 0 Å². The molecule has 2 aromatic carbocycles. The smallest absolute Gasteiger partial charge is 0.133 e. The lowest BCUT2D eigenvalue weighted by Crippen LogP contribution is -1.98. The van der Waals surface area contributed by atoms with Crippen LogP contribution in [0.3, 0.4) is 0 Å². The summed E-state index contributed by atoms with van der Waals surface area (Å²) in [6.07, 6.45) is 0.188. The van der Waals surface area contributed by atoms with Gasteiger partial charge in [-0.1, -0.05) is 51.1 Å². The quantitative estimate of drug-likeness (QED) is 0.824. The zero-order chi connectivity index (χ0) is 14.5. The van der Waals surface area contributed by atoms with Gasteiger partial charge in [0.05, 0.1) is 6.10 Å². The van der Waals surface area contributed by atoms with E-state index in [4.69, 9.17) is 4.74 Å². The van der Waals surface area contributed by atoms with E-state index in [2.05, 4.69) is 26.0 Å². The highest BCUT2D eigenvalue weighted by atomic mass is 16.5. The monoisotopic (exact) mass is 270 g/mol. The van der Waals surface area contributed by atoms with Crippen molar-refractivity contribution in [3.05, 3.63) is 59.7 Å². The van der Waals surface area contributed by atoms with Gasteiger partial charge < -0.3 is 9.84 Å². The van der Waals surface area contributed by atoms with E-state index in [1.165, 1.54) is 5.56 Å². The van der Waals surface area contributed by atoms with Crippen LogP contribution in [0.2, 0.25) is 0 Å². The van der Waals surface area contributed by atoms with Crippen molar-refractivity contribution in [3.8, 4) is 11.5 Å². The minimum atomic E-state index is -0.485. The lowest BCUT2D eigenvalue weighted by Gasteiger charge is -2.15. The van der Waals surface area contributed by atoms with E-state index in [-0.39, 0.29) is 0 Å². The Morgan fingerprint density at radius 2 is 1.65 bits per heavy atom. The molecule has 0 spiro atoms. The van der Waals surface area contributed by atoms with Gasteiger partial charge in [-0.2, -0.15) is 0 Å². The van der Waals surface area contributed by atoms with Gasteiger partial charge in [0, 0.05) is 5.56 Å². The van der Waals surface area contributed by atoms with E-state index >= 15 is 0 Å². The minimum absolute atomic E-state index is 0.485. The van der Waals surface area contributed by atoms with E-state index in [0.717, 1.165) is 17.1 Å². The topological polar surface area (TPSA) is 29.5 Å². The fourth-order valence-corrected chi connectivity index (χ4v) is 2.12. The van der Waals surface area contributed by atoms with Crippen molar-refractivity contribution >= 4 is 0 Å². The number of rotatable bonds is 5. The van der Waals surface area contributed by atoms with Crippen LogP contribution in [0.5, 0.6) is 11.5 Å². The number of aliphatic hydroxyl groups excluding tert-OH is 1. The molecule has 0 fully saturated rings. The third-order valence-electron chi connectivity index (χ3n) is 3.44. The lowest BCUT2D eigenvalue weighted by atomic mass is 10.0. The molecule has 0 bridgehead atoms. The van der Waals surface area contributed by atoms with Gasteiger partial charge in [0.1, 0.15) is 11.5 Å². The predicted molar refractivity (Wildman–Crippen MR) is 82.3 cm³/mol. The van der Waals surface area contributed by atoms with Crippen LogP contribution in [0.4, 0.5) is 0 Å². The van der Waals surface area contributed by atoms with Crippen LogP contribution in [0, 0.1) is 0 Å². The van der Waals surface area contributed by atoms with E-state index in [1.807, 2.05) is 43.3 Å². The maximum atomic E-state index is 10.0. The van der Waals surface area contributed by atoms with Crippen LogP contribution in [0.15, 0.2) is 48.5 Å². The van der Waals surface area contributed by atoms with E-state index < -0.39 is 6.10 Å². The average Bonchev–Trinajstić information content (AvgIpc) is 2.47. The molecule has 2 aromatic rings. The summed E-state index contributed by atoms with van der Waals surface area (Å²) in [7, 11) is 0. The second kappa shape index (κ2) is 6.58. The van der Waals surface area contributed by atoms with Crippen molar-refractivity contribution in [2.75, 3.05) is 0 Å². The van der Waals surface area contributed by atoms with Crippen LogP contribution in [0.1, 0.15) is 50.3 Å². The fourth-order valence-electron chi connectivity index (χ4n) is 2.12. The summed E-state index contributed by atoms with van der Waals surface area (Å²) in [5.41, 5.74) is 2.13. The summed E-state index contributed by atoms with van der Waals surface area (Å²) in [4.78, 5) is 0. The standard InChI is InChI=1S/C18H22O2/c1-4-17(19)16-7-5-6-8-18(16)20-15-11-9-14(10-12-15)13(2)3/h5-13,17,19H,4H2,1-3H3/t17-/m0/s1. The molecule has 0 aliphatic carbocycles. The van der Waals surface area contributed by atoms with Crippen LogP contribution < -0.4 is 4.74 Å². The molecule has 0 unspecified atom stereocenters. The summed E-state index contributed by atoms with van der Waals surface area (Å²) in [5.74, 6) is 2.03. The molecule has 106 valence electrons. The number of hydrogen-bond acceptors (Lipinski definition) is 2. The fraction of sp³-hybridized carbons (Fsp3) is 0.333. The predicted octanol–water partition coefficient (Wildman–Crippen LogP) is 5.05. The van der Waals surface area contributed by atoms with Gasteiger partial charge >= 0.3 is 0 Å². The van der Waals surface area contributed by atoms with Gasteiger partial charge in [0.2, 0.25) is 0 Å². The highest BCUT2D eigenvalue weighted by Gasteiger charge is 2.11. The first kappa shape index (κ1) is 14.6. The van der Waals surface area contributed by atoms with Crippen molar-refractivity contribution in [1.29, 1.82) is 0 Å². The number of hydrogen-bond donors (Lipinski definition) is 1. The summed E-state index contributed by atoms with van der Waals surface area (Å²) in [6, 6.07) is 15.8. The zero-order valence-electron chi connectivity index (χ0n) is 12.3. The second-order valence-electron chi connectivity index (χ2n) is 5.29. The number of ether oxygens (including phenoxy) is 1. The van der Waals surface area contributed by atoms with Gasteiger partial charge in [-0.25, -0.2) is 0 Å². The van der Waals surface area contributed by atoms with E-state index in [9.17, 15) is 5.11 Å². The molecule has 0 aliphatic rings. The molecule has 0 radical (unpaired) electrons. The molecule has 2 nitrogen and oxygen atoms in total. The molecular formula is C18H22O2. The first-order chi connectivity index (χ1) is 9.61. The Morgan fingerprint density at radius 3 is 2.25 bits per heavy atom. The molecule has 1 N–H and O–H groups in total. The highest BCUT2D eigenvalue weighted by molar-refractivity contribution is 5.40. The molecule has 0 heterocycles. The summed E-state index contributed by atoms with van der Waals surface area (Å²) in [6.45, 7) is 6.30. The number of aliphatic hydroxyl groups is 1. The Bertz CT molecular complexity index is 544. The highest BCUT2D eigenvalue weighted by Crippen LogP contribution is 2.31. The number of benzene rings is 2. The third-order valence-corrected chi connectivity index (χ3v) is 3.44. The van der Waals surface area contributed by atoms with Gasteiger partial charge in [-0.05, 0) is 36.1 Å². The molecule has 20 heavy (non-hydrogen) atoms. The molecule has 0 saturated carbocycles. The largest absolute Gasteiger partial charge is 0.457 e. The maximum Gasteiger partial charge on any atom is 0.133 e. The molecule has 0 aliphatic heterocycles. The molecule has 0 amide bonds. The molecule has 0 aromatic heterocycles. The first-order valence-corrected chi connectivity index (χ1v) is 7.16. The SMILES string of the molecule is CC[C@H](O)c1ccccc1Oc1ccc(C(C)C)cc1. The van der Waals surface area contributed by atoms with Crippen molar-refractivity contribution < 1.29 is 9.84 Å². The minimum Gasteiger partial charge on any atom is -0.457 e. The van der Waals surface area contributed by atoms with Gasteiger partial charge in [-0.3, -0.25) is 0 Å². The first-order valence-electron chi connectivity index (χ1n) is 7.16. The Balaban J connectivity index is 2.21. The summed E-state index contributed by atoms with van der Waals surface area (Å²) < 4.78 is 5.91. The van der Waals surface area contributed by atoms with Gasteiger partial charge in [0.25, 0.3) is 0 Å². The van der Waals surface area contributed by atoms with Gasteiger partial charge in [0.15, 0.2) is 0 Å². The maximum absolute atomic E-state index is 10.0. The Kier molecular flexibility index (Phi) is 4.80. The van der Waals surface area contributed by atoms with E-state index in [1.54, 1.807) is 0 Å². The van der Waals surface area contributed by atoms with Crippen molar-refractivity contribution in [1.82, 2.24) is 0 Å². The molecule has 1 atom stereocenters. The Labute approximate surface area is 121 Å². The summed E-state index contributed by atoms with van der Waals surface area (Å²) in [5, 5.41) is 10.0. The molecule has 2 rings (SSSR count). The van der Waals surface area contributed by atoms with Crippen LogP contribution >= 0.6 is 0 Å². The average molecular weight is 270 g/mol. The van der Waals surface area contributed by atoms with Crippen LogP contribution in [-0.4, -0.2) is 5.11 Å². The Morgan fingerprint density at radius 1 is 1.00 bits per heavy atom. The molecular weight excluding hydrogens is 248 g/mol. The third kappa shape index (κ3) is 3.40. The Hall–Kier alpha value is -1.80. The van der Waals surface area contributed by atoms with Crippen molar-refractivity contribution in [2.24, 2.45) is 0 Å².